The van der Waals surface area contributed by atoms with E-state index in [0.29, 0.717) is 7.48 Å². The van der Waals surface area contributed by atoms with Crippen LogP contribution in [-0.4, -0.2) is 42.4 Å². The lowest BCUT2D eigenvalue weighted by atomic mass is 10.0. The molecule has 0 amide bonds. The Balaban J connectivity index is 2.67. The van der Waals surface area contributed by atoms with Gasteiger partial charge in [-0.2, -0.15) is 9.97 Å². The molecule has 0 aliphatic rings. The van der Waals surface area contributed by atoms with Gasteiger partial charge < -0.3 is 5.02 Å². The lowest BCUT2D eigenvalue weighted by molar-refractivity contribution is 0.612. The van der Waals surface area contributed by atoms with Gasteiger partial charge in [0, 0.05) is 0 Å². The quantitative estimate of drug-likeness (QED) is 0.384. The minimum Gasteiger partial charge on any atom is -0.447 e. The van der Waals surface area contributed by atoms with E-state index in [0.717, 1.165) is 0 Å². The normalized spacial score (nSPS) is 10.2. The molecule has 0 atom stereocenters. The molecule has 0 aromatic carbocycles. The Morgan fingerprint density at radius 2 is 1.65 bits per heavy atom. The highest BCUT2D eigenvalue weighted by atomic mass is 16.2. The number of rotatable bonds is 2. The van der Waals surface area contributed by atoms with Gasteiger partial charge in [0.15, 0.2) is 5.82 Å². The fraction of sp³-hybridized carbons (Fsp3) is 0. The first-order valence-corrected chi connectivity index (χ1v) is 4.25. The summed E-state index contributed by atoms with van der Waals surface area (Å²) in [6.45, 7) is 0. The fourth-order valence-corrected chi connectivity index (χ4v) is 1.07. The molecule has 0 saturated carbocycles. The summed E-state index contributed by atoms with van der Waals surface area (Å²) in [5, 5.41) is 8.70. The monoisotopic (exact) mass is 235 g/mol. The highest BCUT2D eigenvalue weighted by Crippen LogP contribution is 1.97. The Bertz CT molecular complexity index is 689. The third-order valence-electron chi connectivity index (χ3n) is 1.67. The summed E-state index contributed by atoms with van der Waals surface area (Å²) in [6, 6.07) is 0. The first kappa shape index (κ1) is 10.9. The molecule has 11 heteroatoms. The second-order valence-electron chi connectivity index (χ2n) is 2.84. The average Bonchev–Trinajstić information content (AvgIpc) is 2.26. The van der Waals surface area contributed by atoms with Crippen LogP contribution in [0.15, 0.2) is 14.4 Å². The van der Waals surface area contributed by atoms with Gasteiger partial charge in [-0.15, -0.1) is 0 Å². The van der Waals surface area contributed by atoms with E-state index in [4.69, 9.17) is 5.02 Å². The van der Waals surface area contributed by atoms with E-state index in [1.165, 1.54) is 0 Å². The molecule has 2 rings (SSSR count). The summed E-state index contributed by atoms with van der Waals surface area (Å²) in [6.07, 6.45) is 0. The van der Waals surface area contributed by atoms with Crippen LogP contribution in [0.1, 0.15) is 0 Å². The molecule has 0 aliphatic carbocycles. The van der Waals surface area contributed by atoms with Crippen LogP contribution >= 0.6 is 0 Å². The summed E-state index contributed by atoms with van der Waals surface area (Å²) in [4.78, 5) is 49.5. The minimum absolute atomic E-state index is 0.178. The number of aromatic amines is 3. The van der Waals surface area contributed by atoms with Crippen LogP contribution in [0.2, 0.25) is 0 Å². The average molecular weight is 235 g/mol. The number of nitrogens with one attached hydrogen (secondary N) is 3. The molecule has 0 saturated heterocycles. The van der Waals surface area contributed by atoms with E-state index in [9.17, 15) is 14.4 Å². The van der Waals surface area contributed by atoms with Crippen molar-refractivity contribution in [1.82, 2.24) is 29.9 Å². The molecule has 2 aromatic rings. The van der Waals surface area contributed by atoms with Crippen molar-refractivity contribution in [3.8, 4) is 11.6 Å². The largest absolute Gasteiger partial charge is 0.447 e. The summed E-state index contributed by atoms with van der Waals surface area (Å²) in [5.74, 6) is -0.551. The van der Waals surface area contributed by atoms with Crippen LogP contribution in [-0.2, 0) is 0 Å². The van der Waals surface area contributed by atoms with Gasteiger partial charge in [-0.05, 0) is 0 Å². The van der Waals surface area contributed by atoms with Crippen molar-refractivity contribution in [2.45, 2.75) is 0 Å². The smallest absolute Gasteiger partial charge is 0.372 e. The Morgan fingerprint density at radius 3 is 2.29 bits per heavy atom. The number of hydrogen-bond acceptors (Lipinski definition) is 7. The first-order valence-electron chi connectivity index (χ1n) is 4.25. The van der Waals surface area contributed by atoms with Crippen molar-refractivity contribution in [2.24, 2.45) is 0 Å². The minimum atomic E-state index is -0.901. The number of aromatic nitrogens is 6. The van der Waals surface area contributed by atoms with E-state index < -0.39 is 17.1 Å². The maximum atomic E-state index is 11.1. The summed E-state index contributed by atoms with van der Waals surface area (Å²) in [5.41, 5.74) is -2.69. The maximum absolute atomic E-state index is 11.1. The Labute approximate surface area is 92.1 Å². The molecule has 0 unspecified atom stereocenters. The third kappa shape index (κ3) is 2.34. The van der Waals surface area contributed by atoms with E-state index in [1.54, 1.807) is 0 Å². The van der Waals surface area contributed by atoms with Crippen molar-refractivity contribution in [2.75, 3.05) is 0 Å². The molecule has 0 spiro atoms. The lowest BCUT2D eigenvalue weighted by Gasteiger charge is -1.98. The first-order chi connectivity index (χ1) is 8.08. The number of hydrogen-bond donors (Lipinski definition) is 4. The van der Waals surface area contributed by atoms with Crippen molar-refractivity contribution in [3.05, 3.63) is 31.5 Å². The molecular formula is C6H4BN6O4. The highest BCUT2D eigenvalue weighted by Gasteiger charge is 2.09. The second kappa shape index (κ2) is 4.13. The SMILES string of the molecule is O=c1nc(-c2nc(=O)[nH]c(=O)[nH]2)nc([B]O)[nH]1. The zero-order valence-electron chi connectivity index (χ0n) is 8.09. The highest BCUT2D eigenvalue weighted by molar-refractivity contribution is 6.42. The predicted molar refractivity (Wildman–Crippen MR) is 54.7 cm³/mol. The Morgan fingerprint density at radius 1 is 0.941 bits per heavy atom. The van der Waals surface area contributed by atoms with Gasteiger partial charge in [0.25, 0.3) is 0 Å². The third-order valence-corrected chi connectivity index (χ3v) is 1.67. The molecular weight excluding hydrogens is 231 g/mol. The fourth-order valence-electron chi connectivity index (χ4n) is 1.07. The molecule has 0 aliphatic heterocycles. The van der Waals surface area contributed by atoms with Crippen LogP contribution in [0.3, 0.4) is 0 Å². The number of nitrogens with zero attached hydrogens (tertiary/aromatic N) is 3. The van der Waals surface area contributed by atoms with Gasteiger partial charge in [0.1, 0.15) is 5.72 Å². The molecule has 10 nitrogen and oxygen atoms in total. The molecule has 17 heavy (non-hydrogen) atoms. The van der Waals surface area contributed by atoms with Crippen LogP contribution < -0.4 is 22.8 Å². The molecule has 1 radical (unpaired) electrons. The van der Waals surface area contributed by atoms with E-state index in [2.05, 4.69) is 24.9 Å². The topological polar surface area (TPSA) is 157 Å². The van der Waals surface area contributed by atoms with Crippen molar-refractivity contribution in [3.63, 3.8) is 0 Å². The zero-order valence-corrected chi connectivity index (χ0v) is 8.09. The van der Waals surface area contributed by atoms with Gasteiger partial charge in [0.05, 0.1) is 0 Å². The number of H-pyrrole nitrogens is 3. The second-order valence-corrected chi connectivity index (χ2v) is 2.84. The van der Waals surface area contributed by atoms with Gasteiger partial charge in [-0.1, -0.05) is 0 Å². The van der Waals surface area contributed by atoms with Crippen LogP contribution in [0.4, 0.5) is 0 Å². The summed E-state index contributed by atoms with van der Waals surface area (Å²) >= 11 is 0. The standard InChI is InChI=1S/C6H4BN6O4/c14-4-9-1(8-3(7-17)12-4)2-10-5(15)13-6(16)11-2/h17H,(H,8,9,12,14)(H2,10,11,13,15,16). The molecule has 0 fully saturated rings. The van der Waals surface area contributed by atoms with Crippen LogP contribution in [0.5, 0.6) is 0 Å². The molecule has 2 aromatic heterocycles. The predicted octanol–water partition coefficient (Wildman–Crippen LogP) is -4.16. The summed E-state index contributed by atoms with van der Waals surface area (Å²) < 4.78 is 0. The van der Waals surface area contributed by atoms with Crippen molar-refractivity contribution < 1.29 is 5.02 Å². The molecule has 4 N–H and O–H groups in total. The summed E-state index contributed by atoms with van der Waals surface area (Å²) in [7, 11) is 0.540. The van der Waals surface area contributed by atoms with Crippen LogP contribution in [0, 0.1) is 0 Å². The lowest BCUT2D eigenvalue weighted by Crippen LogP contribution is -2.33. The van der Waals surface area contributed by atoms with Crippen molar-refractivity contribution >= 4 is 13.2 Å². The van der Waals surface area contributed by atoms with E-state index in [1.807, 2.05) is 4.98 Å². The van der Waals surface area contributed by atoms with Gasteiger partial charge >= 0.3 is 24.6 Å². The molecule has 85 valence electrons. The zero-order chi connectivity index (χ0) is 12.4. The van der Waals surface area contributed by atoms with Gasteiger partial charge in [0.2, 0.25) is 5.82 Å². The molecule has 0 bridgehead atoms. The molecule has 2 heterocycles. The van der Waals surface area contributed by atoms with E-state index >= 15 is 0 Å². The van der Waals surface area contributed by atoms with Gasteiger partial charge in [-0.3, -0.25) is 15.0 Å². The van der Waals surface area contributed by atoms with Crippen molar-refractivity contribution in [1.29, 1.82) is 0 Å². The Kier molecular flexibility index (Phi) is 2.66. The van der Waals surface area contributed by atoms with Crippen LogP contribution in [0.25, 0.3) is 11.6 Å². The van der Waals surface area contributed by atoms with Gasteiger partial charge in [-0.25, -0.2) is 19.4 Å². The maximum Gasteiger partial charge on any atom is 0.372 e. The Hall–Kier alpha value is -2.56. The van der Waals surface area contributed by atoms with E-state index in [-0.39, 0.29) is 17.4 Å².